The molecule has 3 rings (SSSR count). The summed E-state index contributed by atoms with van der Waals surface area (Å²) in [4.78, 5) is 14.8. The number of hydrogen-bond acceptors (Lipinski definition) is 4. The van der Waals surface area contributed by atoms with Crippen LogP contribution in [-0.2, 0) is 11.3 Å². The van der Waals surface area contributed by atoms with Gasteiger partial charge in [-0.15, -0.1) is 5.10 Å². The highest BCUT2D eigenvalue weighted by Crippen LogP contribution is 2.32. The first kappa shape index (κ1) is 20.3. The summed E-state index contributed by atoms with van der Waals surface area (Å²) in [6, 6.07) is 16.3. The first-order valence-corrected chi connectivity index (χ1v) is 10.7. The molecule has 1 aliphatic rings. The van der Waals surface area contributed by atoms with Crippen molar-refractivity contribution in [3.8, 4) is 0 Å². The van der Waals surface area contributed by atoms with Gasteiger partial charge in [0.05, 0.1) is 18.0 Å². The van der Waals surface area contributed by atoms with E-state index in [0.717, 1.165) is 30.4 Å². The molecule has 1 atom stereocenters. The molecular weight excluding hydrogens is 366 g/mol. The SMILES string of the molecule is CCCC[C@H]1S/C(=N/N=C\c2ccc(C)cc2)N(Cc2ccccc2C)C1=O. The summed E-state index contributed by atoms with van der Waals surface area (Å²) >= 11 is 1.54. The van der Waals surface area contributed by atoms with Crippen LogP contribution in [0.25, 0.3) is 0 Å². The highest BCUT2D eigenvalue weighted by molar-refractivity contribution is 8.15. The van der Waals surface area contributed by atoms with Crippen LogP contribution < -0.4 is 0 Å². The van der Waals surface area contributed by atoms with Crippen molar-refractivity contribution in [1.82, 2.24) is 4.90 Å². The summed E-state index contributed by atoms with van der Waals surface area (Å²) in [7, 11) is 0. The Morgan fingerprint density at radius 1 is 1.11 bits per heavy atom. The summed E-state index contributed by atoms with van der Waals surface area (Å²) in [5, 5.41) is 9.31. The predicted octanol–water partition coefficient (Wildman–Crippen LogP) is 5.33. The fraction of sp³-hybridized carbons (Fsp3) is 0.348. The minimum Gasteiger partial charge on any atom is -0.284 e. The van der Waals surface area contributed by atoms with Gasteiger partial charge in [-0.25, -0.2) is 0 Å². The number of carbonyl (C=O) groups excluding carboxylic acids is 1. The second-order valence-electron chi connectivity index (χ2n) is 7.14. The van der Waals surface area contributed by atoms with E-state index < -0.39 is 0 Å². The van der Waals surface area contributed by atoms with Crippen molar-refractivity contribution in [2.24, 2.45) is 10.2 Å². The molecule has 0 bridgehead atoms. The van der Waals surface area contributed by atoms with Gasteiger partial charge in [0.15, 0.2) is 5.17 Å². The molecule has 1 fully saturated rings. The normalized spacial score (nSPS) is 18.5. The number of unbranched alkanes of at least 4 members (excludes halogenated alkanes) is 1. The third kappa shape index (κ3) is 5.10. The van der Waals surface area contributed by atoms with Gasteiger partial charge in [0.2, 0.25) is 5.91 Å². The van der Waals surface area contributed by atoms with E-state index >= 15 is 0 Å². The Balaban J connectivity index is 1.81. The Hall–Kier alpha value is -2.40. The lowest BCUT2D eigenvalue weighted by Gasteiger charge is -2.17. The summed E-state index contributed by atoms with van der Waals surface area (Å²) in [5.74, 6) is 0.144. The van der Waals surface area contributed by atoms with Crippen LogP contribution in [0.15, 0.2) is 58.7 Å². The van der Waals surface area contributed by atoms with Crippen molar-refractivity contribution in [3.63, 3.8) is 0 Å². The minimum atomic E-state index is -0.0581. The van der Waals surface area contributed by atoms with E-state index in [1.54, 1.807) is 22.9 Å². The second-order valence-corrected chi connectivity index (χ2v) is 8.31. The number of thioether (sulfide) groups is 1. The van der Waals surface area contributed by atoms with Gasteiger partial charge in [-0.3, -0.25) is 9.69 Å². The Bertz CT molecular complexity index is 874. The Kier molecular flexibility index (Phi) is 7.04. The second kappa shape index (κ2) is 9.69. The van der Waals surface area contributed by atoms with E-state index in [9.17, 15) is 4.79 Å². The number of aryl methyl sites for hydroxylation is 2. The van der Waals surface area contributed by atoms with Gasteiger partial charge < -0.3 is 0 Å². The van der Waals surface area contributed by atoms with Crippen LogP contribution in [0.5, 0.6) is 0 Å². The molecule has 0 spiro atoms. The number of amidine groups is 1. The molecule has 2 aromatic rings. The number of nitrogens with zero attached hydrogens (tertiary/aromatic N) is 3. The van der Waals surface area contributed by atoms with Crippen molar-refractivity contribution < 1.29 is 4.79 Å². The first-order valence-electron chi connectivity index (χ1n) is 9.78. The highest BCUT2D eigenvalue weighted by Gasteiger charge is 2.37. The first-order chi connectivity index (χ1) is 13.6. The van der Waals surface area contributed by atoms with Gasteiger partial charge in [-0.2, -0.15) is 5.10 Å². The standard InChI is InChI=1S/C23H27N3OS/c1-4-5-10-21-22(27)26(16-20-9-7-6-8-18(20)3)23(28-21)25-24-15-19-13-11-17(2)12-14-19/h6-9,11-15,21H,4-5,10,16H2,1-3H3/b24-15-,25-23+/t21-/m1/s1. The van der Waals surface area contributed by atoms with Crippen molar-refractivity contribution in [2.45, 2.75) is 51.8 Å². The van der Waals surface area contributed by atoms with Crippen LogP contribution in [0.2, 0.25) is 0 Å². The number of hydrogen-bond donors (Lipinski definition) is 0. The van der Waals surface area contributed by atoms with Gasteiger partial charge in [0, 0.05) is 0 Å². The zero-order chi connectivity index (χ0) is 19.9. The van der Waals surface area contributed by atoms with Gasteiger partial charge in [0.25, 0.3) is 0 Å². The van der Waals surface area contributed by atoms with Crippen LogP contribution in [0.4, 0.5) is 0 Å². The van der Waals surface area contributed by atoms with E-state index in [-0.39, 0.29) is 11.2 Å². The predicted molar refractivity (Wildman–Crippen MR) is 119 cm³/mol. The lowest BCUT2D eigenvalue weighted by molar-refractivity contribution is -0.126. The van der Waals surface area contributed by atoms with Crippen molar-refractivity contribution in [2.75, 3.05) is 0 Å². The monoisotopic (exact) mass is 393 g/mol. The van der Waals surface area contributed by atoms with Gasteiger partial charge in [-0.05, 0) is 37.0 Å². The molecule has 1 amide bonds. The van der Waals surface area contributed by atoms with E-state index in [0.29, 0.717) is 11.7 Å². The lowest BCUT2D eigenvalue weighted by Crippen LogP contribution is -2.31. The smallest absolute Gasteiger partial charge is 0.242 e. The summed E-state index contributed by atoms with van der Waals surface area (Å²) < 4.78 is 0. The van der Waals surface area contributed by atoms with E-state index in [2.05, 4.69) is 43.1 Å². The van der Waals surface area contributed by atoms with Crippen LogP contribution in [-0.4, -0.2) is 27.4 Å². The number of carbonyl (C=O) groups is 1. The quantitative estimate of drug-likeness (QED) is 0.471. The molecule has 0 radical (unpaired) electrons. The van der Waals surface area contributed by atoms with Gasteiger partial charge >= 0.3 is 0 Å². The maximum Gasteiger partial charge on any atom is 0.242 e. The van der Waals surface area contributed by atoms with Gasteiger partial charge in [0.1, 0.15) is 0 Å². The van der Waals surface area contributed by atoms with Crippen LogP contribution in [0.1, 0.15) is 48.4 Å². The van der Waals surface area contributed by atoms with Crippen molar-refractivity contribution in [3.05, 3.63) is 70.8 Å². The number of amides is 1. The molecule has 1 saturated heterocycles. The molecule has 0 aliphatic carbocycles. The molecule has 0 saturated carbocycles. The number of benzene rings is 2. The fourth-order valence-corrected chi connectivity index (χ4v) is 4.20. The minimum absolute atomic E-state index is 0.0581. The van der Waals surface area contributed by atoms with Crippen LogP contribution >= 0.6 is 11.8 Å². The molecule has 0 aromatic heterocycles. The van der Waals surface area contributed by atoms with E-state index in [4.69, 9.17) is 0 Å². The molecule has 0 unspecified atom stereocenters. The summed E-state index contributed by atoms with van der Waals surface area (Å²) in [6.45, 7) is 6.82. The molecular formula is C23H27N3OS. The molecule has 4 nitrogen and oxygen atoms in total. The average molecular weight is 394 g/mol. The maximum absolute atomic E-state index is 13.0. The molecule has 1 heterocycles. The third-order valence-electron chi connectivity index (χ3n) is 4.86. The zero-order valence-corrected chi connectivity index (χ0v) is 17.6. The molecule has 2 aromatic carbocycles. The molecule has 1 aliphatic heterocycles. The third-order valence-corrected chi connectivity index (χ3v) is 6.09. The Morgan fingerprint density at radius 2 is 1.86 bits per heavy atom. The van der Waals surface area contributed by atoms with E-state index in [1.165, 1.54) is 11.1 Å². The van der Waals surface area contributed by atoms with E-state index in [1.807, 2.05) is 36.4 Å². The van der Waals surface area contributed by atoms with Crippen molar-refractivity contribution >= 4 is 29.1 Å². The fourth-order valence-electron chi connectivity index (χ4n) is 3.06. The molecule has 0 N–H and O–H groups in total. The number of rotatable bonds is 7. The average Bonchev–Trinajstić information content (AvgIpc) is 2.98. The largest absolute Gasteiger partial charge is 0.284 e. The molecule has 146 valence electrons. The summed E-state index contributed by atoms with van der Waals surface area (Å²) in [6.07, 6.45) is 4.75. The lowest BCUT2D eigenvalue weighted by atomic mass is 10.1. The Morgan fingerprint density at radius 3 is 2.57 bits per heavy atom. The van der Waals surface area contributed by atoms with Gasteiger partial charge in [-0.1, -0.05) is 85.6 Å². The van der Waals surface area contributed by atoms with Crippen LogP contribution in [0, 0.1) is 13.8 Å². The molecule has 5 heteroatoms. The zero-order valence-electron chi connectivity index (χ0n) is 16.8. The van der Waals surface area contributed by atoms with Crippen LogP contribution in [0.3, 0.4) is 0 Å². The molecule has 28 heavy (non-hydrogen) atoms. The maximum atomic E-state index is 13.0. The topological polar surface area (TPSA) is 45.0 Å². The summed E-state index contributed by atoms with van der Waals surface area (Å²) in [5.41, 5.74) is 4.53. The van der Waals surface area contributed by atoms with Crippen molar-refractivity contribution in [1.29, 1.82) is 0 Å². The Labute approximate surface area is 171 Å². The highest BCUT2D eigenvalue weighted by atomic mass is 32.2.